The zero-order valence-electron chi connectivity index (χ0n) is 11.7. The quantitative estimate of drug-likeness (QED) is 0.599. The molecular formula is C15H10N4O2S2. The number of hydrogen-bond donors (Lipinski definition) is 1. The SMILES string of the molecule is O=C(O)c1nnsc1-c1ccccc1.c1ccc2snnc2c1. The Morgan fingerprint density at radius 2 is 1.57 bits per heavy atom. The van der Waals surface area contributed by atoms with Crippen LogP contribution in [0, 0.1) is 0 Å². The van der Waals surface area contributed by atoms with Crippen LogP contribution in [-0.4, -0.2) is 30.2 Å². The summed E-state index contributed by atoms with van der Waals surface area (Å²) < 4.78 is 8.57. The number of carboxylic acids is 1. The minimum Gasteiger partial charge on any atom is -0.476 e. The van der Waals surface area contributed by atoms with Gasteiger partial charge in [-0.25, -0.2) is 4.79 Å². The van der Waals surface area contributed by atoms with Crippen molar-refractivity contribution in [2.75, 3.05) is 0 Å². The molecule has 0 atom stereocenters. The van der Waals surface area contributed by atoms with Crippen molar-refractivity contribution < 1.29 is 9.90 Å². The third-order valence-corrected chi connectivity index (χ3v) is 4.36. The van der Waals surface area contributed by atoms with E-state index in [1.165, 1.54) is 11.5 Å². The lowest BCUT2D eigenvalue weighted by Crippen LogP contribution is -1.98. The van der Waals surface area contributed by atoms with Crippen LogP contribution in [0.25, 0.3) is 20.7 Å². The number of aromatic carboxylic acids is 1. The van der Waals surface area contributed by atoms with Crippen LogP contribution in [0.3, 0.4) is 0 Å². The van der Waals surface area contributed by atoms with Crippen molar-refractivity contribution in [2.24, 2.45) is 0 Å². The Balaban J connectivity index is 0.000000149. The molecule has 0 aliphatic heterocycles. The van der Waals surface area contributed by atoms with Crippen LogP contribution in [0.5, 0.6) is 0 Å². The van der Waals surface area contributed by atoms with Gasteiger partial charge in [-0.15, -0.1) is 10.2 Å². The Kier molecular flexibility index (Phi) is 4.65. The average molecular weight is 342 g/mol. The van der Waals surface area contributed by atoms with E-state index in [0.29, 0.717) is 4.88 Å². The van der Waals surface area contributed by atoms with Gasteiger partial charge in [0.2, 0.25) is 0 Å². The summed E-state index contributed by atoms with van der Waals surface area (Å²) in [5.74, 6) is -1.04. The van der Waals surface area contributed by atoms with Crippen LogP contribution >= 0.6 is 23.1 Å². The number of hydrogen-bond acceptors (Lipinski definition) is 7. The average Bonchev–Trinajstić information content (AvgIpc) is 3.25. The third kappa shape index (κ3) is 3.55. The smallest absolute Gasteiger partial charge is 0.358 e. The number of carboxylic acid groups (broad SMARTS) is 1. The molecule has 0 fully saturated rings. The first-order chi connectivity index (χ1) is 11.3. The summed E-state index contributed by atoms with van der Waals surface area (Å²) >= 11 is 2.52. The van der Waals surface area contributed by atoms with Crippen molar-refractivity contribution in [3.63, 3.8) is 0 Å². The number of fused-ring (bicyclic) bond motifs is 1. The van der Waals surface area contributed by atoms with Crippen molar-refractivity contribution in [3.05, 3.63) is 60.3 Å². The van der Waals surface area contributed by atoms with Gasteiger partial charge in [-0.3, -0.25) is 0 Å². The lowest BCUT2D eigenvalue weighted by molar-refractivity contribution is 0.0691. The number of aromatic nitrogens is 4. The molecule has 0 unspecified atom stereocenters. The third-order valence-electron chi connectivity index (χ3n) is 2.88. The number of benzene rings is 2. The van der Waals surface area contributed by atoms with E-state index >= 15 is 0 Å². The summed E-state index contributed by atoms with van der Waals surface area (Å²) in [6, 6.07) is 17.2. The fourth-order valence-corrected chi connectivity index (χ4v) is 3.05. The maximum absolute atomic E-state index is 10.8. The van der Waals surface area contributed by atoms with Gasteiger partial charge in [-0.05, 0) is 40.8 Å². The van der Waals surface area contributed by atoms with Gasteiger partial charge >= 0.3 is 5.97 Å². The molecule has 0 aliphatic rings. The monoisotopic (exact) mass is 342 g/mol. The molecule has 0 bridgehead atoms. The van der Waals surface area contributed by atoms with Gasteiger partial charge in [0, 0.05) is 0 Å². The number of carbonyl (C=O) groups is 1. The lowest BCUT2D eigenvalue weighted by atomic mass is 10.1. The topological polar surface area (TPSA) is 88.9 Å². The van der Waals surface area contributed by atoms with Crippen LogP contribution in [-0.2, 0) is 0 Å². The molecule has 0 amide bonds. The Labute approximate surface area is 139 Å². The second-order valence-corrected chi connectivity index (χ2v) is 5.90. The molecule has 23 heavy (non-hydrogen) atoms. The summed E-state index contributed by atoms with van der Waals surface area (Å²) in [6.07, 6.45) is 0. The minimum atomic E-state index is -1.04. The Bertz CT molecular complexity index is 891. The van der Waals surface area contributed by atoms with E-state index in [-0.39, 0.29) is 5.69 Å². The van der Waals surface area contributed by atoms with E-state index in [1.807, 2.05) is 54.6 Å². The van der Waals surface area contributed by atoms with E-state index in [4.69, 9.17) is 5.11 Å². The fraction of sp³-hybridized carbons (Fsp3) is 0. The molecule has 0 saturated carbocycles. The Hall–Kier alpha value is -2.71. The zero-order valence-corrected chi connectivity index (χ0v) is 13.3. The molecule has 0 spiro atoms. The predicted octanol–water partition coefficient (Wildman–Crippen LogP) is 3.59. The first kappa shape index (κ1) is 15.2. The highest BCUT2D eigenvalue weighted by Gasteiger charge is 2.15. The maximum Gasteiger partial charge on any atom is 0.358 e. The van der Waals surface area contributed by atoms with Crippen molar-refractivity contribution in [3.8, 4) is 10.4 Å². The van der Waals surface area contributed by atoms with E-state index in [0.717, 1.165) is 27.3 Å². The molecular weight excluding hydrogens is 332 g/mol. The zero-order chi connectivity index (χ0) is 16.1. The van der Waals surface area contributed by atoms with Crippen LogP contribution in [0.15, 0.2) is 54.6 Å². The van der Waals surface area contributed by atoms with Crippen molar-refractivity contribution >= 4 is 39.3 Å². The molecule has 114 valence electrons. The van der Waals surface area contributed by atoms with E-state index in [2.05, 4.69) is 19.2 Å². The van der Waals surface area contributed by atoms with Crippen LogP contribution < -0.4 is 0 Å². The lowest BCUT2D eigenvalue weighted by Gasteiger charge is -1.95. The summed E-state index contributed by atoms with van der Waals surface area (Å²) in [4.78, 5) is 11.4. The highest BCUT2D eigenvalue weighted by atomic mass is 32.1. The summed E-state index contributed by atoms with van der Waals surface area (Å²) in [5, 5.41) is 16.3. The summed E-state index contributed by atoms with van der Waals surface area (Å²) in [7, 11) is 0. The molecule has 0 radical (unpaired) electrons. The molecule has 6 nitrogen and oxygen atoms in total. The van der Waals surface area contributed by atoms with Crippen molar-refractivity contribution in [1.29, 1.82) is 0 Å². The first-order valence-corrected chi connectivity index (χ1v) is 8.08. The van der Waals surface area contributed by atoms with E-state index in [1.54, 1.807) is 0 Å². The highest BCUT2D eigenvalue weighted by molar-refractivity contribution is 7.12. The van der Waals surface area contributed by atoms with Gasteiger partial charge in [-0.1, -0.05) is 51.4 Å². The fourth-order valence-electron chi connectivity index (χ4n) is 1.83. The second kappa shape index (κ2) is 7.03. The van der Waals surface area contributed by atoms with Gasteiger partial charge in [0.1, 0.15) is 5.52 Å². The second-order valence-electron chi connectivity index (χ2n) is 4.36. The van der Waals surface area contributed by atoms with Crippen LogP contribution in [0.2, 0.25) is 0 Å². The van der Waals surface area contributed by atoms with Gasteiger partial charge in [0.15, 0.2) is 5.69 Å². The molecule has 0 aliphatic carbocycles. The molecule has 2 heterocycles. The largest absolute Gasteiger partial charge is 0.476 e. The standard InChI is InChI=1S/C9H6N2O2S.C6H4N2S/c12-9(13)7-8(14-11-10-7)6-4-2-1-3-5-6;1-2-4-6-5(3-1)7-8-9-6/h1-5H,(H,12,13);1-4H. The molecule has 0 saturated heterocycles. The van der Waals surface area contributed by atoms with Gasteiger partial charge in [0.25, 0.3) is 0 Å². The normalized spacial score (nSPS) is 10.1. The van der Waals surface area contributed by atoms with Crippen LogP contribution in [0.4, 0.5) is 0 Å². The number of rotatable bonds is 2. The van der Waals surface area contributed by atoms with E-state index in [9.17, 15) is 4.79 Å². The van der Waals surface area contributed by atoms with Crippen LogP contribution in [0.1, 0.15) is 10.5 Å². The molecule has 8 heteroatoms. The van der Waals surface area contributed by atoms with Gasteiger partial charge < -0.3 is 5.11 Å². The van der Waals surface area contributed by atoms with Crippen molar-refractivity contribution in [1.82, 2.24) is 19.2 Å². The molecule has 2 aromatic heterocycles. The van der Waals surface area contributed by atoms with Crippen molar-refractivity contribution in [2.45, 2.75) is 0 Å². The Morgan fingerprint density at radius 3 is 2.30 bits per heavy atom. The maximum atomic E-state index is 10.8. The predicted molar refractivity (Wildman–Crippen MR) is 89.7 cm³/mol. The van der Waals surface area contributed by atoms with Gasteiger partial charge in [0.05, 0.1) is 9.58 Å². The first-order valence-electron chi connectivity index (χ1n) is 6.54. The summed E-state index contributed by atoms with van der Waals surface area (Å²) in [6.45, 7) is 0. The van der Waals surface area contributed by atoms with E-state index < -0.39 is 5.97 Å². The highest BCUT2D eigenvalue weighted by Crippen LogP contribution is 2.25. The Morgan fingerprint density at radius 1 is 0.870 bits per heavy atom. The molecule has 4 aromatic rings. The minimum absolute atomic E-state index is 0.0150. The van der Waals surface area contributed by atoms with Gasteiger partial charge in [-0.2, -0.15) is 0 Å². The molecule has 1 N–H and O–H groups in total. The number of nitrogens with zero attached hydrogens (tertiary/aromatic N) is 4. The summed E-state index contributed by atoms with van der Waals surface area (Å²) in [5.41, 5.74) is 1.84. The molecule has 2 aromatic carbocycles. The molecule has 4 rings (SSSR count).